The van der Waals surface area contributed by atoms with Crippen molar-refractivity contribution in [3.8, 4) is 5.75 Å². The average Bonchev–Trinajstić information content (AvgIpc) is 3.10. The second kappa shape index (κ2) is 8.20. The van der Waals surface area contributed by atoms with E-state index in [1.807, 2.05) is 0 Å². The van der Waals surface area contributed by atoms with E-state index in [9.17, 15) is 24.9 Å². The molecular formula is C19H21ClN2O6. The van der Waals surface area contributed by atoms with E-state index < -0.39 is 24.2 Å². The minimum Gasteiger partial charge on any atom is -0.497 e. The highest BCUT2D eigenvalue weighted by molar-refractivity contribution is 6.32. The smallest absolute Gasteiger partial charge is 0.408 e. The van der Waals surface area contributed by atoms with Crippen molar-refractivity contribution in [3.05, 3.63) is 35.0 Å². The van der Waals surface area contributed by atoms with Crippen LogP contribution < -0.4 is 4.74 Å². The predicted octanol–water partition coefficient (Wildman–Crippen LogP) is 3.16. The highest BCUT2D eigenvalue weighted by Crippen LogP contribution is 2.36. The number of benzene rings is 1. The third-order valence-corrected chi connectivity index (χ3v) is 5.54. The van der Waals surface area contributed by atoms with Gasteiger partial charge in [-0.15, -0.1) is 0 Å². The van der Waals surface area contributed by atoms with Gasteiger partial charge in [-0.25, -0.2) is 9.59 Å². The molecule has 1 aliphatic heterocycles. The van der Waals surface area contributed by atoms with Gasteiger partial charge in [0.25, 0.3) is 0 Å². The maximum Gasteiger partial charge on any atom is 0.408 e. The zero-order valence-corrected chi connectivity index (χ0v) is 16.0. The van der Waals surface area contributed by atoms with Gasteiger partial charge < -0.3 is 20.1 Å². The number of amides is 1. The molecule has 0 saturated carbocycles. The van der Waals surface area contributed by atoms with Crippen LogP contribution in [0.25, 0.3) is 10.9 Å². The summed E-state index contributed by atoms with van der Waals surface area (Å²) < 4.78 is 5.23. The summed E-state index contributed by atoms with van der Waals surface area (Å²) in [7, 11) is 1.54. The first-order valence-corrected chi connectivity index (χ1v) is 9.23. The quantitative estimate of drug-likeness (QED) is 0.671. The molecule has 2 aromatic rings. The first-order chi connectivity index (χ1) is 13.3. The summed E-state index contributed by atoms with van der Waals surface area (Å²) in [5.41, 5.74) is 1.16. The number of carboxylic acids is 1. The highest BCUT2D eigenvalue weighted by atomic mass is 35.5. The van der Waals surface area contributed by atoms with Gasteiger partial charge in [-0.1, -0.05) is 11.6 Å². The molecule has 3 unspecified atom stereocenters. The van der Waals surface area contributed by atoms with Crippen molar-refractivity contribution >= 4 is 34.6 Å². The summed E-state index contributed by atoms with van der Waals surface area (Å²) in [6.45, 7) is 0.170. The Morgan fingerprint density at radius 2 is 2.14 bits per heavy atom. The van der Waals surface area contributed by atoms with Crippen LogP contribution in [0, 0.1) is 5.92 Å². The van der Waals surface area contributed by atoms with E-state index in [4.69, 9.17) is 16.3 Å². The first-order valence-electron chi connectivity index (χ1n) is 8.86. The third-order valence-electron chi connectivity index (χ3n) is 5.23. The van der Waals surface area contributed by atoms with Gasteiger partial charge in [0, 0.05) is 23.7 Å². The molecule has 3 atom stereocenters. The van der Waals surface area contributed by atoms with E-state index in [0.717, 1.165) is 4.90 Å². The standard InChI is InChI=1S/C19H21ClN2O6/c1-28-11-3-4-14-12(8-11)16(13(20)9-21-14)15(23)5-2-10-6-7-22(19(26)27)17(10)18(24)25/h3-4,8-10,15,17,23H,2,5-7H2,1H3,(H,24,25)(H,26,27). The van der Waals surface area contributed by atoms with E-state index in [1.165, 1.54) is 13.3 Å². The fraction of sp³-hybridized carbons (Fsp3) is 0.421. The number of hydrogen-bond acceptors (Lipinski definition) is 5. The number of rotatable bonds is 6. The van der Waals surface area contributed by atoms with Crippen LogP contribution in [0.3, 0.4) is 0 Å². The number of ether oxygens (including phenoxy) is 1. The molecule has 0 aliphatic carbocycles. The van der Waals surface area contributed by atoms with Crippen LogP contribution in [0.2, 0.25) is 5.02 Å². The molecule has 9 heteroatoms. The number of aliphatic hydroxyl groups excluding tert-OH is 1. The van der Waals surface area contributed by atoms with Crippen LogP contribution in [0.4, 0.5) is 4.79 Å². The fourth-order valence-electron chi connectivity index (χ4n) is 3.86. The Bertz CT molecular complexity index is 905. The Morgan fingerprint density at radius 3 is 2.79 bits per heavy atom. The molecule has 28 heavy (non-hydrogen) atoms. The number of hydrogen-bond donors (Lipinski definition) is 3. The molecule has 150 valence electrons. The van der Waals surface area contributed by atoms with Gasteiger partial charge in [0.15, 0.2) is 0 Å². The van der Waals surface area contributed by atoms with Crippen molar-refractivity contribution in [2.75, 3.05) is 13.7 Å². The van der Waals surface area contributed by atoms with Gasteiger partial charge >= 0.3 is 12.1 Å². The van der Waals surface area contributed by atoms with Gasteiger partial charge in [-0.2, -0.15) is 0 Å². The molecule has 2 heterocycles. The minimum atomic E-state index is -1.24. The van der Waals surface area contributed by atoms with Crippen molar-refractivity contribution in [3.63, 3.8) is 0 Å². The van der Waals surface area contributed by atoms with E-state index in [1.54, 1.807) is 18.2 Å². The zero-order valence-electron chi connectivity index (χ0n) is 15.2. The number of methoxy groups -OCH3 is 1. The SMILES string of the molecule is COc1ccc2ncc(Cl)c(C(O)CCC3CCN(C(=O)O)C3C(=O)O)c2c1. The summed E-state index contributed by atoms with van der Waals surface area (Å²) in [5, 5.41) is 30.4. The second-order valence-electron chi connectivity index (χ2n) is 6.80. The van der Waals surface area contributed by atoms with E-state index in [0.29, 0.717) is 40.1 Å². The number of nitrogens with zero attached hydrogens (tertiary/aromatic N) is 2. The molecule has 0 spiro atoms. The molecule has 0 bridgehead atoms. The lowest BCUT2D eigenvalue weighted by Gasteiger charge is -2.23. The number of aromatic nitrogens is 1. The Balaban J connectivity index is 1.82. The number of likely N-dealkylation sites (tertiary alicyclic amines) is 1. The number of carbonyl (C=O) groups is 2. The Hall–Kier alpha value is -2.58. The molecule has 3 N–H and O–H groups in total. The lowest BCUT2D eigenvalue weighted by atomic mass is 9.91. The summed E-state index contributed by atoms with van der Waals surface area (Å²) >= 11 is 6.29. The number of aliphatic hydroxyl groups is 1. The number of fused-ring (bicyclic) bond motifs is 1. The first kappa shape index (κ1) is 20.2. The Morgan fingerprint density at radius 1 is 1.39 bits per heavy atom. The molecular weight excluding hydrogens is 388 g/mol. The van der Waals surface area contributed by atoms with Gasteiger partial charge in [0.2, 0.25) is 0 Å². The molecule has 1 saturated heterocycles. The van der Waals surface area contributed by atoms with Crippen molar-refractivity contribution in [2.45, 2.75) is 31.4 Å². The Labute approximate surface area is 166 Å². The van der Waals surface area contributed by atoms with E-state index in [-0.39, 0.29) is 18.9 Å². The average molecular weight is 409 g/mol. The van der Waals surface area contributed by atoms with Crippen LogP contribution in [0.5, 0.6) is 5.75 Å². The zero-order chi connectivity index (χ0) is 20.4. The second-order valence-corrected chi connectivity index (χ2v) is 7.21. The summed E-state index contributed by atoms with van der Waals surface area (Å²) in [4.78, 5) is 28.0. The molecule has 1 aliphatic rings. The fourth-order valence-corrected chi connectivity index (χ4v) is 4.13. The van der Waals surface area contributed by atoms with Crippen LogP contribution in [-0.4, -0.2) is 57.0 Å². The molecule has 1 aromatic heterocycles. The number of carboxylic acid groups (broad SMARTS) is 2. The van der Waals surface area contributed by atoms with Crippen LogP contribution in [0.15, 0.2) is 24.4 Å². The van der Waals surface area contributed by atoms with Crippen molar-refractivity contribution in [2.24, 2.45) is 5.92 Å². The lowest BCUT2D eigenvalue weighted by Crippen LogP contribution is -2.42. The lowest BCUT2D eigenvalue weighted by molar-refractivity contribution is -0.143. The van der Waals surface area contributed by atoms with Gasteiger partial charge in [-0.3, -0.25) is 9.88 Å². The van der Waals surface area contributed by atoms with E-state index in [2.05, 4.69) is 4.98 Å². The molecule has 1 fully saturated rings. The van der Waals surface area contributed by atoms with Gasteiger partial charge in [0.1, 0.15) is 11.8 Å². The van der Waals surface area contributed by atoms with Crippen LogP contribution >= 0.6 is 11.6 Å². The minimum absolute atomic E-state index is 0.170. The van der Waals surface area contributed by atoms with Crippen molar-refractivity contribution in [1.29, 1.82) is 0 Å². The molecule has 0 radical (unpaired) electrons. The highest BCUT2D eigenvalue weighted by Gasteiger charge is 2.42. The van der Waals surface area contributed by atoms with E-state index >= 15 is 0 Å². The van der Waals surface area contributed by atoms with Crippen molar-refractivity contribution < 1.29 is 29.6 Å². The van der Waals surface area contributed by atoms with Gasteiger partial charge in [-0.05, 0) is 43.4 Å². The summed E-state index contributed by atoms with van der Waals surface area (Å²) in [6, 6.07) is 4.17. The third kappa shape index (κ3) is 3.83. The molecule has 3 rings (SSSR count). The summed E-state index contributed by atoms with van der Waals surface area (Å²) in [6.07, 6.45) is 0.319. The van der Waals surface area contributed by atoms with Crippen molar-refractivity contribution in [1.82, 2.24) is 9.88 Å². The number of pyridine rings is 1. The normalized spacial score (nSPS) is 20.3. The topological polar surface area (TPSA) is 120 Å². The maximum absolute atomic E-state index is 11.5. The van der Waals surface area contributed by atoms with Gasteiger partial charge in [0.05, 0.1) is 23.8 Å². The predicted molar refractivity (Wildman–Crippen MR) is 102 cm³/mol. The maximum atomic E-state index is 11.5. The van der Waals surface area contributed by atoms with Crippen LogP contribution in [0.1, 0.15) is 30.9 Å². The van der Waals surface area contributed by atoms with Crippen LogP contribution in [-0.2, 0) is 4.79 Å². The number of aliphatic carboxylic acids is 1. The monoisotopic (exact) mass is 408 g/mol. The largest absolute Gasteiger partial charge is 0.497 e. The summed E-state index contributed by atoms with van der Waals surface area (Å²) in [5.74, 6) is -0.940. The number of halogens is 1. The Kier molecular flexibility index (Phi) is 5.90. The molecule has 1 aromatic carbocycles. The molecule has 8 nitrogen and oxygen atoms in total. The molecule has 1 amide bonds.